The van der Waals surface area contributed by atoms with Crippen LogP contribution in [0.5, 0.6) is 0 Å². The topological polar surface area (TPSA) is 128 Å². The van der Waals surface area contributed by atoms with E-state index in [1.165, 1.54) is 22.6 Å². The third-order valence-electron chi connectivity index (χ3n) is 9.75. The van der Waals surface area contributed by atoms with Gasteiger partial charge in [-0.05, 0) is 108 Å². The van der Waals surface area contributed by atoms with Crippen molar-refractivity contribution in [3.63, 3.8) is 0 Å². The molecular weight excluding hydrogens is 508 g/mol. The largest absolute Gasteiger partial charge is 0.381 e. The van der Waals surface area contributed by atoms with E-state index < -0.39 is 11.0 Å². The van der Waals surface area contributed by atoms with Gasteiger partial charge in [0.1, 0.15) is 11.4 Å². The molecule has 0 aromatic rings. The molecule has 5 rings (SSSR count). The van der Waals surface area contributed by atoms with Crippen LogP contribution in [0.2, 0.25) is 0 Å². The number of amides is 3. The lowest BCUT2D eigenvalue weighted by molar-refractivity contribution is -0.138. The number of hydrogen-bond donors (Lipinski definition) is 3. The molecule has 0 aromatic carbocycles. The van der Waals surface area contributed by atoms with Crippen LogP contribution in [-0.4, -0.2) is 58.0 Å². The minimum atomic E-state index is -1.33. The summed E-state index contributed by atoms with van der Waals surface area (Å²) in [5.41, 5.74) is 6.09. The summed E-state index contributed by atoms with van der Waals surface area (Å²) < 4.78 is 0. The van der Waals surface area contributed by atoms with Crippen LogP contribution in [0.4, 0.5) is 0 Å². The molecule has 9 nitrogen and oxygen atoms in total. The molecule has 3 N–H and O–H groups in total. The molecular formula is C31H40N4O5. The lowest BCUT2D eigenvalue weighted by Crippen LogP contribution is -2.49. The van der Waals surface area contributed by atoms with Crippen LogP contribution in [0.25, 0.3) is 0 Å². The smallest absolute Gasteiger partial charge is 0.253 e. The van der Waals surface area contributed by atoms with E-state index in [2.05, 4.69) is 22.8 Å². The predicted octanol–water partition coefficient (Wildman–Crippen LogP) is 3.22. The Hall–Kier alpha value is -3.33. The number of aliphatic hydroxyl groups is 1. The minimum absolute atomic E-state index is 0.103. The molecule has 9 heteroatoms. The van der Waals surface area contributed by atoms with Crippen molar-refractivity contribution in [3.8, 4) is 0 Å². The summed E-state index contributed by atoms with van der Waals surface area (Å²) in [4.78, 5) is 50.6. The van der Waals surface area contributed by atoms with Gasteiger partial charge < -0.3 is 10.4 Å². The Bertz CT molecular complexity index is 1280. The quantitative estimate of drug-likeness (QED) is 0.141. The van der Waals surface area contributed by atoms with E-state index in [-0.39, 0.29) is 35.3 Å². The Morgan fingerprint density at radius 3 is 2.38 bits per heavy atom. The summed E-state index contributed by atoms with van der Waals surface area (Å²) >= 11 is 0. The van der Waals surface area contributed by atoms with Gasteiger partial charge in [-0.25, -0.2) is 5.43 Å². The molecule has 0 bridgehead atoms. The van der Waals surface area contributed by atoms with Crippen LogP contribution in [0.3, 0.4) is 0 Å². The third kappa shape index (κ3) is 4.89. The van der Waals surface area contributed by atoms with Gasteiger partial charge in [0, 0.05) is 42.1 Å². The standard InChI is InChI=1S/C31H40N4O5/c1-18-16-24-27(19(2)31(13-14-31)30(4,40)28(24)38)23(18)6-5-15-32-20(3)33-34-29(39)22-9-7-21(8-10-22)17-35-25(36)11-12-26(35)37/h11-12,16,21-22,40H,5-10,13-15,17H2,1-4H3,(H,32,33)(H,34,39)/t21?,22?,30-/m0/s1. The number of ketones is 1. The first-order valence-corrected chi connectivity index (χ1v) is 14.5. The van der Waals surface area contributed by atoms with Crippen molar-refractivity contribution in [1.29, 1.82) is 0 Å². The summed E-state index contributed by atoms with van der Waals surface area (Å²) in [6, 6.07) is 0. The number of Topliss-reactive ketones (excluding diaryl/α,β-unsaturated/α-hetero) is 1. The highest BCUT2D eigenvalue weighted by molar-refractivity contribution is 6.13. The number of allylic oxidation sites excluding steroid dienone is 4. The van der Waals surface area contributed by atoms with E-state index in [1.807, 2.05) is 19.9 Å². The van der Waals surface area contributed by atoms with Gasteiger partial charge >= 0.3 is 0 Å². The normalized spacial score (nSPS) is 29.4. The van der Waals surface area contributed by atoms with Crippen LogP contribution in [0, 0.1) is 17.3 Å². The molecule has 1 heterocycles. The first-order valence-electron chi connectivity index (χ1n) is 14.5. The molecule has 0 unspecified atom stereocenters. The summed E-state index contributed by atoms with van der Waals surface area (Å²) in [6.45, 7) is 8.70. The van der Waals surface area contributed by atoms with Gasteiger partial charge in [-0.15, -0.1) is 0 Å². The maximum atomic E-state index is 13.1. The van der Waals surface area contributed by atoms with Crippen molar-refractivity contribution in [2.75, 3.05) is 13.1 Å². The second-order valence-electron chi connectivity index (χ2n) is 12.2. The van der Waals surface area contributed by atoms with Gasteiger partial charge in [0.2, 0.25) is 5.91 Å². The van der Waals surface area contributed by atoms with Crippen LogP contribution in [0.15, 0.2) is 51.2 Å². The van der Waals surface area contributed by atoms with Crippen molar-refractivity contribution >= 4 is 29.3 Å². The van der Waals surface area contributed by atoms with Crippen LogP contribution < -0.4 is 10.7 Å². The number of carbonyl (C=O) groups is 4. The zero-order valence-corrected chi connectivity index (χ0v) is 23.9. The number of nitrogens with one attached hydrogen (secondary N) is 2. The summed E-state index contributed by atoms with van der Waals surface area (Å²) in [6.07, 6.45) is 10.9. The number of nitrogens with zero attached hydrogens (tertiary/aromatic N) is 2. The van der Waals surface area contributed by atoms with Gasteiger partial charge in [-0.1, -0.05) is 5.57 Å². The third-order valence-corrected chi connectivity index (χ3v) is 9.75. The van der Waals surface area contributed by atoms with E-state index in [4.69, 9.17) is 0 Å². The molecule has 1 atom stereocenters. The van der Waals surface area contributed by atoms with Crippen molar-refractivity contribution < 1.29 is 24.3 Å². The Balaban J connectivity index is 1.05. The van der Waals surface area contributed by atoms with Crippen molar-refractivity contribution in [2.24, 2.45) is 22.4 Å². The first-order chi connectivity index (χ1) is 19.0. The second-order valence-corrected chi connectivity index (χ2v) is 12.2. The zero-order valence-electron chi connectivity index (χ0n) is 23.9. The summed E-state index contributed by atoms with van der Waals surface area (Å²) in [5, 5.41) is 18.5. The molecule has 1 spiro atoms. The molecule has 40 heavy (non-hydrogen) atoms. The van der Waals surface area contributed by atoms with Crippen LogP contribution >= 0.6 is 0 Å². The Morgan fingerprint density at radius 1 is 1.10 bits per heavy atom. The van der Waals surface area contributed by atoms with Crippen molar-refractivity contribution in [3.05, 3.63) is 46.1 Å². The van der Waals surface area contributed by atoms with Gasteiger partial charge in [-0.2, -0.15) is 5.10 Å². The number of rotatable bonds is 8. The van der Waals surface area contributed by atoms with Crippen LogP contribution in [-0.2, 0) is 19.2 Å². The fraction of sp³-hybridized carbons (Fsp3) is 0.581. The van der Waals surface area contributed by atoms with Gasteiger partial charge in [0.25, 0.3) is 11.8 Å². The van der Waals surface area contributed by atoms with E-state index in [0.29, 0.717) is 37.3 Å². The highest BCUT2D eigenvalue weighted by Gasteiger charge is 2.65. The molecule has 2 saturated carbocycles. The highest BCUT2D eigenvalue weighted by atomic mass is 16.3. The Morgan fingerprint density at radius 2 is 1.75 bits per heavy atom. The van der Waals surface area contributed by atoms with Crippen molar-refractivity contribution in [2.45, 2.75) is 84.7 Å². The molecule has 214 valence electrons. The van der Waals surface area contributed by atoms with Gasteiger partial charge in [0.15, 0.2) is 5.78 Å². The Labute approximate surface area is 235 Å². The number of hydrazone groups is 1. The molecule has 2 fully saturated rings. The lowest BCUT2D eigenvalue weighted by atomic mass is 9.67. The highest BCUT2D eigenvalue weighted by Crippen LogP contribution is 2.65. The number of hydrogen-bond acceptors (Lipinski definition) is 6. The Kier molecular flexibility index (Phi) is 7.46. The van der Waals surface area contributed by atoms with E-state index in [1.54, 1.807) is 6.92 Å². The molecule has 0 aromatic heterocycles. The van der Waals surface area contributed by atoms with E-state index in [0.717, 1.165) is 55.2 Å². The molecule has 4 aliphatic carbocycles. The van der Waals surface area contributed by atoms with Gasteiger partial charge in [0.05, 0.1) is 0 Å². The second kappa shape index (κ2) is 10.6. The monoisotopic (exact) mass is 548 g/mol. The van der Waals surface area contributed by atoms with Crippen molar-refractivity contribution in [1.82, 2.24) is 15.6 Å². The number of amidine groups is 1. The van der Waals surface area contributed by atoms with E-state index >= 15 is 0 Å². The first kappa shape index (κ1) is 28.2. The van der Waals surface area contributed by atoms with Crippen LogP contribution in [0.1, 0.15) is 79.1 Å². The zero-order chi connectivity index (χ0) is 28.8. The fourth-order valence-electron chi connectivity index (χ4n) is 7.02. The van der Waals surface area contributed by atoms with Gasteiger partial charge in [-0.3, -0.25) is 24.1 Å². The molecule has 0 saturated heterocycles. The average Bonchev–Trinajstić information content (AvgIpc) is 3.61. The fourth-order valence-corrected chi connectivity index (χ4v) is 7.02. The summed E-state index contributed by atoms with van der Waals surface area (Å²) in [5.74, 6) is -0.0314. The molecule has 0 radical (unpaired) electrons. The number of imide groups is 1. The lowest BCUT2D eigenvalue weighted by Gasteiger charge is -2.39. The molecule has 3 amide bonds. The number of fused-ring (bicyclic) bond motifs is 1. The average molecular weight is 549 g/mol. The SMILES string of the molecule is CC1=C(CCCN/C(C)=N/NC(=O)C2CCC(CN3C(=O)C=CC3=O)CC2)C2=C(C)C3(CC3)[C@@](C)(O)C(=O)C2=C1. The maximum absolute atomic E-state index is 13.1. The minimum Gasteiger partial charge on any atom is -0.381 e. The van der Waals surface area contributed by atoms with E-state index in [9.17, 15) is 24.3 Å². The molecule has 1 aliphatic heterocycles. The maximum Gasteiger partial charge on any atom is 0.253 e. The molecule has 5 aliphatic rings. The predicted molar refractivity (Wildman–Crippen MR) is 151 cm³/mol. The number of carbonyl (C=O) groups excluding carboxylic acids is 4. The summed E-state index contributed by atoms with van der Waals surface area (Å²) in [7, 11) is 0.